The average molecular weight is 597 g/mol. The second-order valence-corrected chi connectivity index (χ2v) is 11.5. The zero-order valence-corrected chi connectivity index (χ0v) is 23.3. The molecule has 0 radical (unpaired) electrons. The van der Waals surface area contributed by atoms with Crippen LogP contribution in [0.3, 0.4) is 0 Å². The van der Waals surface area contributed by atoms with Crippen molar-refractivity contribution in [2.75, 3.05) is 0 Å². The van der Waals surface area contributed by atoms with Gasteiger partial charge in [0.05, 0.1) is 36.8 Å². The molecule has 5 rings (SSSR count). The topological polar surface area (TPSA) is 51.2 Å². The van der Waals surface area contributed by atoms with Gasteiger partial charge in [-0.2, -0.15) is 0 Å². The Morgan fingerprint density at radius 2 is 1.05 bits per heavy atom. The van der Waals surface area contributed by atoms with Crippen molar-refractivity contribution < 1.29 is 14.2 Å². The van der Waals surface area contributed by atoms with E-state index in [1.807, 2.05) is 0 Å². The van der Waals surface area contributed by atoms with Crippen LogP contribution >= 0.6 is 54.2 Å². The van der Waals surface area contributed by atoms with Gasteiger partial charge < -0.3 is 0 Å². The molecule has 38 heavy (non-hydrogen) atoms. The van der Waals surface area contributed by atoms with Gasteiger partial charge in [0.25, 0.3) is 0 Å². The van der Waals surface area contributed by atoms with Crippen LogP contribution in [0.5, 0.6) is 0 Å². The molecule has 0 aliphatic carbocycles. The molecule has 0 aromatic heterocycles. The van der Waals surface area contributed by atoms with Gasteiger partial charge in [-0.3, -0.25) is 9.59 Å². The minimum absolute atomic E-state index is 0.00290. The Morgan fingerprint density at radius 1 is 0.553 bits per heavy atom. The van der Waals surface area contributed by atoms with E-state index in [0.29, 0.717) is 16.1 Å². The first-order valence-electron chi connectivity index (χ1n) is 11.3. The third-order valence-corrected chi connectivity index (χ3v) is 8.96. The molecule has 0 saturated heterocycles. The van der Waals surface area contributed by atoms with Gasteiger partial charge in [-0.05, 0) is 53.9 Å². The molecule has 5 aromatic rings. The predicted octanol–water partition coefficient (Wildman–Crippen LogP) is 8.69. The Balaban J connectivity index is 1.92. The van der Waals surface area contributed by atoms with E-state index >= 15 is 0 Å². The van der Waals surface area contributed by atoms with Crippen LogP contribution in [0.4, 0.5) is 0 Å². The minimum atomic E-state index is -2.33. The lowest BCUT2D eigenvalue weighted by Crippen LogP contribution is -2.23. The SMILES string of the molecule is O=C(c1cc2ccccc2c([P+](=O)c2ccccc2)c1C(=O)c1c(Cl)cccc1Cl)c1c(Cl)cccc1Cl. The number of hydrogen-bond donors (Lipinski definition) is 0. The van der Waals surface area contributed by atoms with Crippen molar-refractivity contribution in [3.05, 3.63) is 139 Å². The summed E-state index contributed by atoms with van der Waals surface area (Å²) in [6.07, 6.45) is 0. The van der Waals surface area contributed by atoms with Gasteiger partial charge in [0, 0.05) is 10.9 Å². The fourth-order valence-corrected chi connectivity index (χ4v) is 7.02. The molecular formula is C30H16Cl4O3P+. The number of halogens is 4. The highest BCUT2D eigenvalue weighted by Crippen LogP contribution is 2.36. The summed E-state index contributed by atoms with van der Waals surface area (Å²) in [4.78, 5) is 28.4. The summed E-state index contributed by atoms with van der Waals surface area (Å²) in [6, 6.07) is 26.9. The Morgan fingerprint density at radius 3 is 1.63 bits per heavy atom. The molecule has 0 heterocycles. The van der Waals surface area contributed by atoms with Crippen LogP contribution in [-0.2, 0) is 4.57 Å². The molecule has 3 nitrogen and oxygen atoms in total. The molecule has 0 saturated carbocycles. The first-order valence-corrected chi connectivity index (χ1v) is 14.1. The number of rotatable bonds is 6. The summed E-state index contributed by atoms with van der Waals surface area (Å²) in [5, 5.41) is 2.33. The first-order chi connectivity index (χ1) is 18.3. The van der Waals surface area contributed by atoms with Crippen molar-refractivity contribution in [1.82, 2.24) is 0 Å². The molecule has 1 atom stereocenters. The average Bonchev–Trinajstić information content (AvgIpc) is 2.91. The third kappa shape index (κ3) is 4.78. The van der Waals surface area contributed by atoms with Crippen LogP contribution in [-0.4, -0.2) is 11.6 Å². The third-order valence-electron chi connectivity index (χ3n) is 6.07. The molecule has 0 bridgehead atoms. The van der Waals surface area contributed by atoms with Crippen LogP contribution in [0, 0.1) is 0 Å². The molecule has 1 unspecified atom stereocenters. The van der Waals surface area contributed by atoms with Gasteiger partial charge in [0.1, 0.15) is 0 Å². The van der Waals surface area contributed by atoms with Crippen molar-refractivity contribution in [2.24, 2.45) is 0 Å². The number of carbonyl (C=O) groups excluding carboxylic acids is 2. The Labute approximate surface area is 239 Å². The maximum atomic E-state index is 14.3. The van der Waals surface area contributed by atoms with E-state index in [-0.39, 0.29) is 47.6 Å². The predicted molar refractivity (Wildman–Crippen MR) is 157 cm³/mol. The summed E-state index contributed by atoms with van der Waals surface area (Å²) in [7, 11) is -2.33. The smallest absolute Gasteiger partial charge is 0.288 e. The normalized spacial score (nSPS) is 11.4. The van der Waals surface area contributed by atoms with E-state index in [0.717, 1.165) is 0 Å². The van der Waals surface area contributed by atoms with E-state index in [4.69, 9.17) is 46.4 Å². The Kier molecular flexibility index (Phi) is 7.68. The highest BCUT2D eigenvalue weighted by Gasteiger charge is 2.38. The highest BCUT2D eigenvalue weighted by molar-refractivity contribution is 7.62. The summed E-state index contributed by atoms with van der Waals surface area (Å²) in [5.41, 5.74) is -0.0342. The lowest BCUT2D eigenvalue weighted by atomic mass is 9.90. The standard InChI is InChI=1S/C30H16Cl4O3P/c31-21-12-6-13-22(32)26(21)28(35)20-16-17-8-4-5-11-19(17)30(38(37)18-9-2-1-3-10-18)25(20)29(36)27-23(33)14-7-15-24(27)34/h1-16H/q+1. The number of fused-ring (bicyclic) bond motifs is 1. The van der Waals surface area contributed by atoms with Crippen molar-refractivity contribution in [3.8, 4) is 0 Å². The van der Waals surface area contributed by atoms with Crippen LogP contribution in [0.2, 0.25) is 20.1 Å². The first kappa shape index (κ1) is 26.6. The molecule has 5 aromatic carbocycles. The van der Waals surface area contributed by atoms with Crippen molar-refractivity contribution in [3.63, 3.8) is 0 Å². The van der Waals surface area contributed by atoms with Gasteiger partial charge in [-0.25, -0.2) is 0 Å². The molecule has 0 amide bonds. The second kappa shape index (κ2) is 11.0. The lowest BCUT2D eigenvalue weighted by Gasteiger charge is -2.14. The van der Waals surface area contributed by atoms with Gasteiger partial charge in [0.15, 0.2) is 11.1 Å². The zero-order chi connectivity index (χ0) is 27.0. The highest BCUT2D eigenvalue weighted by atomic mass is 35.5. The molecular weight excluding hydrogens is 581 g/mol. The number of benzene rings is 5. The van der Waals surface area contributed by atoms with Crippen molar-refractivity contribution in [2.45, 2.75) is 0 Å². The summed E-state index contributed by atoms with van der Waals surface area (Å²) in [5.74, 6) is -1.22. The van der Waals surface area contributed by atoms with E-state index in [1.54, 1.807) is 84.9 Å². The summed E-state index contributed by atoms with van der Waals surface area (Å²) >= 11 is 25.7. The van der Waals surface area contributed by atoms with Gasteiger partial charge in [0.2, 0.25) is 11.1 Å². The Bertz CT molecular complexity index is 1730. The molecule has 0 aliphatic rings. The monoisotopic (exact) mass is 595 g/mol. The largest absolute Gasteiger partial charge is 0.416 e. The number of hydrogen-bond acceptors (Lipinski definition) is 3. The van der Waals surface area contributed by atoms with Crippen molar-refractivity contribution >= 4 is 87.2 Å². The second-order valence-electron chi connectivity index (χ2n) is 8.35. The maximum Gasteiger partial charge on any atom is 0.416 e. The summed E-state index contributed by atoms with van der Waals surface area (Å²) < 4.78 is 14.2. The fraction of sp³-hybridized carbons (Fsp3) is 0. The fourth-order valence-electron chi connectivity index (χ4n) is 4.33. The van der Waals surface area contributed by atoms with E-state index in [1.165, 1.54) is 12.1 Å². The lowest BCUT2D eigenvalue weighted by molar-refractivity contribution is 0.100. The van der Waals surface area contributed by atoms with Gasteiger partial charge in [-0.15, -0.1) is 0 Å². The van der Waals surface area contributed by atoms with Crippen LogP contribution in [0.15, 0.2) is 97.1 Å². The molecule has 0 fully saturated rings. The van der Waals surface area contributed by atoms with Crippen LogP contribution in [0.1, 0.15) is 31.8 Å². The Hall–Kier alpha value is -3.04. The summed E-state index contributed by atoms with van der Waals surface area (Å²) in [6.45, 7) is 0. The van der Waals surface area contributed by atoms with Crippen LogP contribution < -0.4 is 10.6 Å². The molecule has 8 heteroatoms. The number of carbonyl (C=O) groups is 2. The van der Waals surface area contributed by atoms with E-state index in [9.17, 15) is 14.2 Å². The molecule has 186 valence electrons. The van der Waals surface area contributed by atoms with Gasteiger partial charge in [-0.1, -0.05) is 99.5 Å². The zero-order valence-electron chi connectivity index (χ0n) is 19.4. The quantitative estimate of drug-likeness (QED) is 0.145. The van der Waals surface area contributed by atoms with E-state index < -0.39 is 19.4 Å². The van der Waals surface area contributed by atoms with Crippen molar-refractivity contribution in [1.29, 1.82) is 0 Å². The maximum absolute atomic E-state index is 14.3. The minimum Gasteiger partial charge on any atom is -0.288 e. The van der Waals surface area contributed by atoms with Gasteiger partial charge >= 0.3 is 7.80 Å². The van der Waals surface area contributed by atoms with E-state index in [2.05, 4.69) is 0 Å². The molecule has 0 N–H and O–H groups in total. The molecule has 0 aliphatic heterocycles. The van der Waals surface area contributed by atoms with Crippen LogP contribution in [0.25, 0.3) is 10.8 Å². The number of ketones is 2. The molecule has 0 spiro atoms.